The van der Waals surface area contributed by atoms with E-state index in [2.05, 4.69) is 37.2 Å². The van der Waals surface area contributed by atoms with Gasteiger partial charge in [-0.25, -0.2) is 4.79 Å². The number of aromatic carboxylic acids is 1. The van der Waals surface area contributed by atoms with Crippen LogP contribution in [0.1, 0.15) is 32.7 Å². The minimum absolute atomic E-state index is 0.00445. The number of carboxylic acids is 1. The van der Waals surface area contributed by atoms with E-state index in [1.165, 1.54) is 23.1 Å². The van der Waals surface area contributed by atoms with E-state index in [9.17, 15) is 24.3 Å². The lowest BCUT2D eigenvalue weighted by molar-refractivity contribution is -0.123. The molecular formula is C24H20Br2N2O5. The number of anilines is 2. The molecule has 2 N–H and O–H groups in total. The van der Waals surface area contributed by atoms with E-state index in [0.29, 0.717) is 5.69 Å². The van der Waals surface area contributed by atoms with Crippen molar-refractivity contribution in [3.63, 3.8) is 0 Å². The molecule has 2 bridgehead atoms. The molecule has 0 unspecified atom stereocenters. The Morgan fingerprint density at radius 3 is 2.09 bits per heavy atom. The number of alkyl halides is 2. The van der Waals surface area contributed by atoms with Gasteiger partial charge in [-0.1, -0.05) is 37.9 Å². The van der Waals surface area contributed by atoms with Crippen LogP contribution in [0.5, 0.6) is 0 Å². The van der Waals surface area contributed by atoms with Gasteiger partial charge in [-0.05, 0) is 67.1 Å². The number of benzene rings is 2. The summed E-state index contributed by atoms with van der Waals surface area (Å²) in [4.78, 5) is 52.1. The number of amides is 3. The minimum atomic E-state index is -1.14. The predicted molar refractivity (Wildman–Crippen MR) is 129 cm³/mol. The van der Waals surface area contributed by atoms with Gasteiger partial charge in [0.15, 0.2) is 0 Å². The molecule has 5 rings (SSSR count). The Labute approximate surface area is 206 Å². The van der Waals surface area contributed by atoms with E-state index < -0.39 is 11.9 Å². The molecule has 3 aliphatic rings. The first-order chi connectivity index (χ1) is 15.7. The van der Waals surface area contributed by atoms with Crippen LogP contribution in [0.4, 0.5) is 11.4 Å². The molecule has 1 heterocycles. The highest BCUT2D eigenvalue weighted by atomic mass is 79.9. The van der Waals surface area contributed by atoms with Crippen LogP contribution < -0.4 is 10.2 Å². The SMILES string of the molecule is Cc1ccc(C(=O)O)c(NC(=O)c2ccc(N3C(=O)[C@@H]4[C@H]5C[C@@H]([C@H](Br)[C@H]5Br)[C@@H]4C3=O)cc2)c1. The third kappa shape index (κ3) is 3.44. The Balaban J connectivity index is 1.36. The Morgan fingerprint density at radius 2 is 1.55 bits per heavy atom. The molecule has 2 aliphatic carbocycles. The highest BCUT2D eigenvalue weighted by Gasteiger charge is 2.66. The average Bonchev–Trinajstić information content (AvgIpc) is 3.38. The quantitative estimate of drug-likeness (QED) is 0.419. The largest absolute Gasteiger partial charge is 0.478 e. The zero-order valence-electron chi connectivity index (χ0n) is 17.5. The maximum Gasteiger partial charge on any atom is 0.337 e. The second-order valence-corrected chi connectivity index (χ2v) is 11.0. The van der Waals surface area contributed by atoms with Crippen LogP contribution in [0.15, 0.2) is 42.5 Å². The second kappa shape index (κ2) is 8.06. The maximum absolute atomic E-state index is 13.2. The van der Waals surface area contributed by atoms with E-state index in [1.807, 2.05) is 0 Å². The lowest BCUT2D eigenvalue weighted by Crippen LogP contribution is -2.37. The average molecular weight is 576 g/mol. The number of aryl methyl sites for hydroxylation is 1. The van der Waals surface area contributed by atoms with E-state index in [4.69, 9.17) is 0 Å². The van der Waals surface area contributed by atoms with Gasteiger partial charge in [0.25, 0.3) is 5.91 Å². The Kier molecular flexibility index (Phi) is 5.44. The smallest absolute Gasteiger partial charge is 0.337 e. The predicted octanol–water partition coefficient (Wildman–Crippen LogP) is 4.23. The molecule has 0 radical (unpaired) electrons. The van der Waals surface area contributed by atoms with Crippen molar-refractivity contribution in [3.05, 3.63) is 59.2 Å². The summed E-state index contributed by atoms with van der Waals surface area (Å²) in [5.41, 5.74) is 1.74. The third-order valence-electron chi connectivity index (χ3n) is 7.03. The van der Waals surface area contributed by atoms with Crippen molar-refractivity contribution >= 4 is 66.9 Å². The highest BCUT2D eigenvalue weighted by molar-refractivity contribution is 9.12. The van der Waals surface area contributed by atoms with Gasteiger partial charge in [-0.3, -0.25) is 19.3 Å². The van der Waals surface area contributed by atoms with Crippen molar-refractivity contribution in [2.75, 3.05) is 10.2 Å². The number of fused-ring (bicyclic) bond motifs is 5. The van der Waals surface area contributed by atoms with Crippen LogP contribution in [0.3, 0.4) is 0 Å². The van der Waals surface area contributed by atoms with Crippen LogP contribution in [-0.2, 0) is 9.59 Å². The second-order valence-electron chi connectivity index (χ2n) is 8.87. The molecule has 2 saturated carbocycles. The van der Waals surface area contributed by atoms with Crippen molar-refractivity contribution < 1.29 is 24.3 Å². The standard InChI is InChI=1S/C24H20Br2N2O5/c1-10-2-7-13(24(32)33)16(8-10)27-21(29)11-3-5-12(6-4-11)28-22(30)17-14-9-15(18(17)23(28)31)20(26)19(14)25/h2-8,14-15,17-20H,9H2,1H3,(H,27,29)(H,32,33)/t14-,15-,17-,18+,19+,20+/m1/s1. The first kappa shape index (κ1) is 22.3. The Bertz CT molecular complexity index is 1170. The highest BCUT2D eigenvalue weighted by Crippen LogP contribution is 2.60. The lowest BCUT2D eigenvalue weighted by Gasteiger charge is -2.28. The summed E-state index contributed by atoms with van der Waals surface area (Å²) in [6, 6.07) is 10.9. The number of nitrogens with one attached hydrogen (secondary N) is 1. The fraction of sp³-hybridized carbons (Fsp3) is 0.333. The fourth-order valence-corrected chi connectivity index (χ4v) is 7.38. The van der Waals surface area contributed by atoms with Crippen molar-refractivity contribution in [3.8, 4) is 0 Å². The number of carboxylic acid groups (broad SMARTS) is 1. The molecule has 7 nitrogen and oxygen atoms in total. The zero-order valence-corrected chi connectivity index (χ0v) is 20.7. The Hall–Kier alpha value is -2.52. The maximum atomic E-state index is 13.2. The number of hydrogen-bond donors (Lipinski definition) is 2. The van der Waals surface area contributed by atoms with Crippen LogP contribution in [0, 0.1) is 30.6 Å². The number of imide groups is 1. The van der Waals surface area contributed by atoms with E-state index in [-0.39, 0.29) is 62.0 Å². The van der Waals surface area contributed by atoms with Crippen molar-refractivity contribution in [1.29, 1.82) is 0 Å². The van der Waals surface area contributed by atoms with E-state index in [1.54, 1.807) is 31.2 Å². The molecule has 2 aromatic carbocycles. The van der Waals surface area contributed by atoms with E-state index >= 15 is 0 Å². The summed E-state index contributed by atoms with van der Waals surface area (Å²) in [7, 11) is 0. The van der Waals surface area contributed by atoms with Gasteiger partial charge < -0.3 is 10.4 Å². The van der Waals surface area contributed by atoms with Crippen LogP contribution >= 0.6 is 31.9 Å². The summed E-state index contributed by atoms with van der Waals surface area (Å²) in [6.45, 7) is 1.80. The first-order valence-electron chi connectivity index (χ1n) is 10.6. The van der Waals surface area contributed by atoms with Crippen molar-refractivity contribution in [1.82, 2.24) is 0 Å². The lowest BCUT2D eigenvalue weighted by atomic mass is 9.81. The normalized spacial score (nSPS) is 30.0. The monoisotopic (exact) mass is 574 g/mol. The molecule has 2 aromatic rings. The molecule has 1 saturated heterocycles. The van der Waals surface area contributed by atoms with Crippen LogP contribution in [-0.4, -0.2) is 38.5 Å². The summed E-state index contributed by atoms with van der Waals surface area (Å²) >= 11 is 7.36. The molecule has 9 heteroatoms. The van der Waals surface area contributed by atoms with E-state index in [0.717, 1.165) is 12.0 Å². The molecule has 6 atom stereocenters. The van der Waals surface area contributed by atoms with Crippen molar-refractivity contribution in [2.24, 2.45) is 23.7 Å². The fourth-order valence-electron chi connectivity index (χ4n) is 5.51. The van der Waals surface area contributed by atoms with Crippen LogP contribution in [0.2, 0.25) is 0 Å². The molecule has 33 heavy (non-hydrogen) atoms. The summed E-state index contributed by atoms with van der Waals surface area (Å²) in [5.74, 6) is -2.31. The minimum Gasteiger partial charge on any atom is -0.478 e. The van der Waals surface area contributed by atoms with Gasteiger partial charge in [-0.15, -0.1) is 0 Å². The first-order valence-corrected chi connectivity index (χ1v) is 12.4. The number of halogens is 2. The number of rotatable bonds is 4. The number of carbonyl (C=O) groups is 4. The van der Waals surface area contributed by atoms with Gasteiger partial charge in [0.2, 0.25) is 11.8 Å². The Morgan fingerprint density at radius 1 is 0.970 bits per heavy atom. The number of carbonyl (C=O) groups excluding carboxylic acids is 3. The summed E-state index contributed by atoms with van der Waals surface area (Å²) in [6.07, 6.45) is 0.864. The zero-order chi connectivity index (χ0) is 23.6. The van der Waals surface area contributed by atoms with Crippen LogP contribution in [0.25, 0.3) is 0 Å². The molecule has 3 fully saturated rings. The molecule has 3 amide bonds. The summed E-state index contributed by atoms with van der Waals surface area (Å²) < 4.78 is 0. The summed E-state index contributed by atoms with van der Waals surface area (Å²) in [5, 5.41) is 12.0. The van der Waals surface area contributed by atoms with Gasteiger partial charge in [0.05, 0.1) is 28.8 Å². The number of nitrogens with zero attached hydrogens (tertiary/aromatic N) is 1. The van der Waals surface area contributed by atoms with Crippen molar-refractivity contribution in [2.45, 2.75) is 23.0 Å². The van der Waals surface area contributed by atoms with Gasteiger partial charge in [0.1, 0.15) is 0 Å². The number of hydrogen-bond acceptors (Lipinski definition) is 4. The molecular weight excluding hydrogens is 556 g/mol. The molecule has 1 aliphatic heterocycles. The molecule has 0 spiro atoms. The topological polar surface area (TPSA) is 104 Å². The van der Waals surface area contributed by atoms with Gasteiger partial charge >= 0.3 is 5.97 Å². The third-order valence-corrected chi connectivity index (χ3v) is 10.2. The molecule has 170 valence electrons. The van der Waals surface area contributed by atoms with Gasteiger partial charge in [0, 0.05) is 15.2 Å². The van der Waals surface area contributed by atoms with Gasteiger partial charge in [-0.2, -0.15) is 0 Å². The molecule has 0 aromatic heterocycles.